The summed E-state index contributed by atoms with van der Waals surface area (Å²) >= 11 is 0. The van der Waals surface area contributed by atoms with Gasteiger partial charge < -0.3 is 15.0 Å². The first-order valence-electron chi connectivity index (χ1n) is 9.38. The SMILES string of the molecule is CC(C)OCCN1CCN(C(=O)CC(C)C2CCNCC2)CC1. The van der Waals surface area contributed by atoms with Crippen LogP contribution in [-0.4, -0.2) is 74.2 Å². The molecule has 1 N–H and O–H groups in total. The summed E-state index contributed by atoms with van der Waals surface area (Å²) in [6, 6.07) is 0. The van der Waals surface area contributed by atoms with E-state index in [9.17, 15) is 4.79 Å². The van der Waals surface area contributed by atoms with Crippen molar-refractivity contribution < 1.29 is 9.53 Å². The van der Waals surface area contributed by atoms with Gasteiger partial charge in [-0.2, -0.15) is 0 Å². The third-order valence-electron chi connectivity index (χ3n) is 5.27. The van der Waals surface area contributed by atoms with E-state index in [0.717, 1.165) is 64.8 Å². The number of nitrogens with one attached hydrogen (secondary N) is 1. The molecule has 0 aliphatic carbocycles. The Labute approximate surface area is 141 Å². The molecule has 2 aliphatic heterocycles. The van der Waals surface area contributed by atoms with Crippen molar-refractivity contribution in [2.45, 2.75) is 46.1 Å². The second-order valence-corrected chi connectivity index (χ2v) is 7.41. The standard InChI is InChI=1S/C18H35N3O2/c1-15(2)23-13-12-20-8-10-21(11-9-20)18(22)14-16(3)17-4-6-19-7-5-17/h15-17,19H,4-14H2,1-3H3. The summed E-state index contributed by atoms with van der Waals surface area (Å²) in [5, 5.41) is 3.40. The molecule has 2 aliphatic rings. The summed E-state index contributed by atoms with van der Waals surface area (Å²) in [5.41, 5.74) is 0. The number of nitrogens with zero attached hydrogens (tertiary/aromatic N) is 2. The van der Waals surface area contributed by atoms with E-state index in [2.05, 4.69) is 35.9 Å². The maximum atomic E-state index is 12.5. The highest BCUT2D eigenvalue weighted by Gasteiger charge is 2.26. The van der Waals surface area contributed by atoms with Crippen LogP contribution in [0.15, 0.2) is 0 Å². The van der Waals surface area contributed by atoms with Gasteiger partial charge in [-0.25, -0.2) is 0 Å². The van der Waals surface area contributed by atoms with Crippen LogP contribution >= 0.6 is 0 Å². The molecule has 2 saturated heterocycles. The van der Waals surface area contributed by atoms with Crippen LogP contribution in [0.1, 0.15) is 40.0 Å². The van der Waals surface area contributed by atoms with E-state index in [0.29, 0.717) is 17.9 Å². The molecule has 1 atom stereocenters. The minimum absolute atomic E-state index is 0.300. The van der Waals surface area contributed by atoms with Crippen LogP contribution in [0.5, 0.6) is 0 Å². The van der Waals surface area contributed by atoms with Crippen molar-refractivity contribution in [2.24, 2.45) is 11.8 Å². The van der Waals surface area contributed by atoms with Gasteiger partial charge in [0.2, 0.25) is 5.91 Å². The lowest BCUT2D eigenvalue weighted by Crippen LogP contribution is -2.50. The van der Waals surface area contributed by atoms with Crippen LogP contribution in [0.2, 0.25) is 0 Å². The first-order chi connectivity index (χ1) is 11.1. The predicted molar refractivity (Wildman–Crippen MR) is 93.5 cm³/mol. The summed E-state index contributed by atoms with van der Waals surface area (Å²) < 4.78 is 5.61. The summed E-state index contributed by atoms with van der Waals surface area (Å²) in [4.78, 5) is 17.0. The minimum Gasteiger partial charge on any atom is -0.377 e. The van der Waals surface area contributed by atoms with Gasteiger partial charge >= 0.3 is 0 Å². The third-order valence-corrected chi connectivity index (χ3v) is 5.27. The largest absolute Gasteiger partial charge is 0.377 e. The monoisotopic (exact) mass is 325 g/mol. The summed E-state index contributed by atoms with van der Waals surface area (Å²) in [6.07, 6.45) is 3.46. The molecule has 0 aromatic carbocycles. The van der Waals surface area contributed by atoms with E-state index in [1.54, 1.807) is 0 Å². The zero-order chi connectivity index (χ0) is 16.7. The number of carbonyl (C=O) groups excluding carboxylic acids is 1. The maximum Gasteiger partial charge on any atom is 0.222 e. The highest BCUT2D eigenvalue weighted by atomic mass is 16.5. The maximum absolute atomic E-state index is 12.5. The van der Waals surface area contributed by atoms with E-state index in [-0.39, 0.29) is 0 Å². The molecule has 1 amide bonds. The number of amides is 1. The molecule has 2 heterocycles. The Balaban J connectivity index is 1.64. The molecule has 5 nitrogen and oxygen atoms in total. The second kappa shape index (κ2) is 9.60. The molecule has 2 fully saturated rings. The number of piperazine rings is 1. The molecule has 23 heavy (non-hydrogen) atoms. The topological polar surface area (TPSA) is 44.8 Å². The first-order valence-corrected chi connectivity index (χ1v) is 9.38. The summed E-state index contributed by atoms with van der Waals surface area (Å²) in [7, 11) is 0. The van der Waals surface area contributed by atoms with E-state index in [1.807, 2.05) is 0 Å². The number of carbonyl (C=O) groups is 1. The van der Waals surface area contributed by atoms with Gasteiger partial charge in [0.25, 0.3) is 0 Å². The number of ether oxygens (including phenoxy) is 1. The van der Waals surface area contributed by atoms with Crippen LogP contribution in [-0.2, 0) is 9.53 Å². The van der Waals surface area contributed by atoms with Crippen molar-refractivity contribution in [3.8, 4) is 0 Å². The van der Waals surface area contributed by atoms with Gasteiger partial charge in [0, 0.05) is 39.1 Å². The Kier molecular flexibility index (Phi) is 7.80. The van der Waals surface area contributed by atoms with Crippen molar-refractivity contribution in [2.75, 3.05) is 52.4 Å². The molecule has 2 rings (SSSR count). The summed E-state index contributed by atoms with van der Waals surface area (Å²) in [5.74, 6) is 1.59. The summed E-state index contributed by atoms with van der Waals surface area (Å²) in [6.45, 7) is 14.1. The van der Waals surface area contributed by atoms with Gasteiger partial charge in [0.1, 0.15) is 0 Å². The van der Waals surface area contributed by atoms with E-state index in [1.165, 1.54) is 12.8 Å². The normalized spacial score (nSPS) is 22.5. The molecule has 0 aromatic heterocycles. The number of piperidine rings is 1. The van der Waals surface area contributed by atoms with Crippen LogP contribution in [0.3, 0.4) is 0 Å². The second-order valence-electron chi connectivity index (χ2n) is 7.41. The average molecular weight is 325 g/mol. The Bertz CT molecular complexity index is 348. The number of hydrogen-bond donors (Lipinski definition) is 1. The fourth-order valence-electron chi connectivity index (χ4n) is 3.62. The van der Waals surface area contributed by atoms with Crippen molar-refractivity contribution in [1.29, 1.82) is 0 Å². The smallest absolute Gasteiger partial charge is 0.222 e. The molecular weight excluding hydrogens is 290 g/mol. The number of hydrogen-bond acceptors (Lipinski definition) is 4. The fraction of sp³-hybridized carbons (Fsp3) is 0.944. The van der Waals surface area contributed by atoms with Crippen molar-refractivity contribution in [1.82, 2.24) is 15.1 Å². The molecular formula is C18H35N3O2. The van der Waals surface area contributed by atoms with Gasteiger partial charge in [0.05, 0.1) is 12.7 Å². The van der Waals surface area contributed by atoms with Crippen molar-refractivity contribution in [3.05, 3.63) is 0 Å². The van der Waals surface area contributed by atoms with E-state index < -0.39 is 0 Å². The van der Waals surface area contributed by atoms with Crippen LogP contribution in [0.25, 0.3) is 0 Å². The highest BCUT2D eigenvalue weighted by Crippen LogP contribution is 2.25. The van der Waals surface area contributed by atoms with Gasteiger partial charge in [-0.3, -0.25) is 9.69 Å². The molecule has 0 aromatic rings. The van der Waals surface area contributed by atoms with Gasteiger partial charge in [-0.15, -0.1) is 0 Å². The average Bonchev–Trinajstić information content (AvgIpc) is 2.56. The molecule has 134 valence electrons. The fourth-order valence-corrected chi connectivity index (χ4v) is 3.62. The highest BCUT2D eigenvalue weighted by molar-refractivity contribution is 5.76. The van der Waals surface area contributed by atoms with E-state index >= 15 is 0 Å². The molecule has 0 radical (unpaired) electrons. The van der Waals surface area contributed by atoms with Crippen LogP contribution < -0.4 is 5.32 Å². The number of rotatable bonds is 7. The Morgan fingerprint density at radius 2 is 1.78 bits per heavy atom. The van der Waals surface area contributed by atoms with Gasteiger partial charge in [-0.05, 0) is 51.6 Å². The molecule has 0 saturated carbocycles. The Hall–Kier alpha value is -0.650. The minimum atomic E-state index is 0.300. The quantitative estimate of drug-likeness (QED) is 0.772. The zero-order valence-electron chi connectivity index (χ0n) is 15.2. The molecule has 0 spiro atoms. The Morgan fingerprint density at radius 3 is 2.39 bits per heavy atom. The lowest BCUT2D eigenvalue weighted by atomic mass is 9.84. The molecule has 5 heteroatoms. The first kappa shape index (κ1) is 18.7. The van der Waals surface area contributed by atoms with E-state index in [4.69, 9.17) is 4.74 Å². The van der Waals surface area contributed by atoms with Gasteiger partial charge in [-0.1, -0.05) is 6.92 Å². The lowest BCUT2D eigenvalue weighted by Gasteiger charge is -2.36. The van der Waals surface area contributed by atoms with Crippen molar-refractivity contribution in [3.63, 3.8) is 0 Å². The van der Waals surface area contributed by atoms with Crippen LogP contribution in [0.4, 0.5) is 0 Å². The molecule has 0 bridgehead atoms. The van der Waals surface area contributed by atoms with Crippen molar-refractivity contribution >= 4 is 5.91 Å². The lowest BCUT2D eigenvalue weighted by molar-refractivity contribution is -0.134. The predicted octanol–water partition coefficient (Wildman–Crippen LogP) is 1.58. The van der Waals surface area contributed by atoms with Gasteiger partial charge in [0.15, 0.2) is 0 Å². The Morgan fingerprint density at radius 1 is 1.13 bits per heavy atom. The molecule has 1 unspecified atom stereocenters. The third kappa shape index (κ3) is 6.40. The van der Waals surface area contributed by atoms with Crippen LogP contribution in [0, 0.1) is 11.8 Å². The zero-order valence-corrected chi connectivity index (χ0v) is 15.2.